The van der Waals surface area contributed by atoms with Gasteiger partial charge in [0.2, 0.25) is 0 Å². The number of rotatable bonds is 5. The normalized spacial score (nSPS) is 10.8. The minimum Gasteiger partial charge on any atom is -0.306 e. The topological polar surface area (TPSA) is 47.8 Å². The molecule has 0 bridgehead atoms. The van der Waals surface area contributed by atoms with Gasteiger partial charge in [0.25, 0.3) is 0 Å². The Morgan fingerprint density at radius 3 is 2.83 bits per heavy atom. The second kappa shape index (κ2) is 6.51. The second-order valence-electron chi connectivity index (χ2n) is 5.21. The van der Waals surface area contributed by atoms with Crippen LogP contribution in [0.25, 0.3) is 15.6 Å². The van der Waals surface area contributed by atoms with E-state index in [1.807, 2.05) is 57.9 Å². The molecular weight excluding hydrogens is 338 g/mol. The molecule has 24 heavy (non-hydrogen) atoms. The predicted octanol–water partition coefficient (Wildman–Crippen LogP) is 4.48. The molecule has 3 aromatic heterocycles. The predicted molar refractivity (Wildman–Crippen MR) is 97.0 cm³/mol. The Morgan fingerprint density at radius 2 is 2.04 bits per heavy atom. The molecule has 0 saturated heterocycles. The second-order valence-corrected chi connectivity index (χ2v) is 7.02. The Bertz CT molecular complexity index is 956. The smallest absolute Gasteiger partial charge is 0.186 e. The van der Waals surface area contributed by atoms with Crippen LogP contribution in [0, 0.1) is 0 Å². The fourth-order valence-electron chi connectivity index (χ4n) is 2.49. The average Bonchev–Trinajstić information content (AvgIpc) is 3.35. The average molecular weight is 351 g/mol. The number of nitrogens with zero attached hydrogens (tertiary/aromatic N) is 3. The van der Waals surface area contributed by atoms with Crippen LogP contribution in [-0.4, -0.2) is 20.3 Å². The molecule has 0 N–H and O–H groups in total. The van der Waals surface area contributed by atoms with Crippen LogP contribution in [0.5, 0.6) is 0 Å². The Kier molecular flexibility index (Phi) is 4.06. The van der Waals surface area contributed by atoms with Gasteiger partial charge in [-0.05, 0) is 23.1 Å². The van der Waals surface area contributed by atoms with Gasteiger partial charge < -0.3 is 4.57 Å². The molecule has 4 rings (SSSR count). The maximum atomic E-state index is 12.6. The van der Waals surface area contributed by atoms with Gasteiger partial charge in [-0.15, -0.1) is 22.7 Å². The van der Waals surface area contributed by atoms with Crippen molar-refractivity contribution >= 4 is 28.5 Å². The minimum atomic E-state index is 0.0293. The van der Waals surface area contributed by atoms with Gasteiger partial charge in [0.05, 0.1) is 16.9 Å². The summed E-state index contributed by atoms with van der Waals surface area (Å²) in [6, 6.07) is 11.9. The van der Waals surface area contributed by atoms with E-state index in [-0.39, 0.29) is 5.78 Å². The molecule has 0 aliphatic carbocycles. The summed E-state index contributed by atoms with van der Waals surface area (Å²) in [5.41, 5.74) is 2.46. The van der Waals surface area contributed by atoms with Crippen LogP contribution in [0.3, 0.4) is 0 Å². The van der Waals surface area contributed by atoms with Crippen molar-refractivity contribution in [1.82, 2.24) is 14.5 Å². The number of para-hydroxylation sites is 1. The molecule has 6 heteroatoms. The number of thiophene rings is 1. The summed E-state index contributed by atoms with van der Waals surface area (Å²) in [5.74, 6) is 0.0293. The van der Waals surface area contributed by atoms with E-state index in [4.69, 9.17) is 0 Å². The lowest BCUT2D eigenvalue weighted by Crippen LogP contribution is -2.07. The highest BCUT2D eigenvalue weighted by Gasteiger charge is 2.15. The Labute approximate surface area is 147 Å². The molecule has 0 spiro atoms. The highest BCUT2D eigenvalue weighted by molar-refractivity contribution is 7.20. The monoisotopic (exact) mass is 351 g/mol. The number of imidazole rings is 1. The number of Topliss-reactive ketones (excluding diaryl/α,β-unsaturated/α-hetero) is 1. The van der Waals surface area contributed by atoms with Crippen molar-refractivity contribution in [3.63, 3.8) is 0 Å². The molecule has 0 unspecified atom stereocenters. The maximum absolute atomic E-state index is 12.6. The van der Waals surface area contributed by atoms with E-state index >= 15 is 0 Å². The molecule has 0 radical (unpaired) electrons. The molecule has 3 heterocycles. The first-order chi connectivity index (χ1) is 11.8. The van der Waals surface area contributed by atoms with Crippen molar-refractivity contribution < 1.29 is 4.79 Å². The highest BCUT2D eigenvalue weighted by Crippen LogP contribution is 2.28. The number of thiazole rings is 1. The van der Waals surface area contributed by atoms with Gasteiger partial charge in [-0.2, -0.15) is 0 Å². The van der Waals surface area contributed by atoms with Crippen LogP contribution in [0.1, 0.15) is 16.1 Å². The van der Waals surface area contributed by atoms with Crippen molar-refractivity contribution in [2.45, 2.75) is 6.42 Å². The van der Waals surface area contributed by atoms with Crippen LogP contribution >= 0.6 is 22.7 Å². The van der Waals surface area contributed by atoms with E-state index in [2.05, 4.69) is 9.97 Å². The molecule has 0 aliphatic rings. The standard InChI is InChI=1S/C18H13N3OS2/c22-16(14-11-24-18(20-14)17-6-3-9-23-17)10-13-4-1-2-5-15(13)21-8-7-19-12-21/h1-9,11-12H,10H2. The SMILES string of the molecule is O=C(Cc1ccccc1-n1ccnc1)c1csc(-c2cccs2)n1. The molecule has 0 atom stereocenters. The molecular formula is C18H13N3OS2. The molecule has 0 aliphatic heterocycles. The summed E-state index contributed by atoms with van der Waals surface area (Å²) in [6.07, 6.45) is 5.66. The first kappa shape index (κ1) is 15.0. The number of hydrogen-bond donors (Lipinski definition) is 0. The van der Waals surface area contributed by atoms with E-state index in [0.29, 0.717) is 12.1 Å². The van der Waals surface area contributed by atoms with Crippen molar-refractivity contribution in [3.05, 3.63) is 77.1 Å². The maximum Gasteiger partial charge on any atom is 0.186 e. The molecule has 4 nitrogen and oxygen atoms in total. The van der Waals surface area contributed by atoms with Gasteiger partial charge in [0.1, 0.15) is 10.7 Å². The van der Waals surface area contributed by atoms with Gasteiger partial charge in [0, 0.05) is 24.2 Å². The largest absolute Gasteiger partial charge is 0.306 e. The molecule has 0 fully saturated rings. The number of benzene rings is 1. The van der Waals surface area contributed by atoms with E-state index < -0.39 is 0 Å². The minimum absolute atomic E-state index is 0.0293. The summed E-state index contributed by atoms with van der Waals surface area (Å²) in [6.45, 7) is 0. The van der Waals surface area contributed by atoms with Crippen LogP contribution in [0.4, 0.5) is 0 Å². The van der Waals surface area contributed by atoms with Crippen molar-refractivity contribution in [2.75, 3.05) is 0 Å². The van der Waals surface area contributed by atoms with E-state index in [9.17, 15) is 4.79 Å². The van der Waals surface area contributed by atoms with Crippen molar-refractivity contribution in [2.24, 2.45) is 0 Å². The number of aromatic nitrogens is 3. The Balaban J connectivity index is 1.59. The van der Waals surface area contributed by atoms with E-state index in [1.54, 1.807) is 23.9 Å². The third kappa shape index (κ3) is 2.93. The fourth-order valence-corrected chi connectivity index (χ4v) is 4.13. The third-order valence-electron chi connectivity index (χ3n) is 3.65. The van der Waals surface area contributed by atoms with Crippen LogP contribution in [0.15, 0.2) is 65.9 Å². The summed E-state index contributed by atoms with van der Waals surface area (Å²) in [4.78, 5) is 22.3. The summed E-state index contributed by atoms with van der Waals surface area (Å²) in [7, 11) is 0. The first-order valence-electron chi connectivity index (χ1n) is 7.40. The van der Waals surface area contributed by atoms with Gasteiger partial charge >= 0.3 is 0 Å². The zero-order valence-electron chi connectivity index (χ0n) is 12.6. The van der Waals surface area contributed by atoms with Gasteiger partial charge in [-0.3, -0.25) is 4.79 Å². The number of hydrogen-bond acceptors (Lipinski definition) is 5. The van der Waals surface area contributed by atoms with Gasteiger partial charge in [0.15, 0.2) is 5.78 Å². The van der Waals surface area contributed by atoms with Crippen molar-refractivity contribution in [1.29, 1.82) is 0 Å². The van der Waals surface area contributed by atoms with E-state index in [0.717, 1.165) is 21.1 Å². The van der Waals surface area contributed by atoms with Crippen LogP contribution in [0.2, 0.25) is 0 Å². The Hall–Kier alpha value is -2.57. The van der Waals surface area contributed by atoms with Crippen LogP contribution < -0.4 is 0 Å². The lowest BCUT2D eigenvalue weighted by atomic mass is 10.1. The van der Waals surface area contributed by atoms with E-state index in [1.165, 1.54) is 11.3 Å². The van der Waals surface area contributed by atoms with Gasteiger partial charge in [-0.1, -0.05) is 24.3 Å². The number of ketones is 1. The number of carbonyl (C=O) groups is 1. The summed E-state index contributed by atoms with van der Waals surface area (Å²) >= 11 is 3.14. The lowest BCUT2D eigenvalue weighted by Gasteiger charge is -2.08. The summed E-state index contributed by atoms with van der Waals surface area (Å²) < 4.78 is 1.92. The summed E-state index contributed by atoms with van der Waals surface area (Å²) in [5, 5.41) is 4.76. The first-order valence-corrected chi connectivity index (χ1v) is 9.16. The fraction of sp³-hybridized carbons (Fsp3) is 0.0556. The zero-order chi connectivity index (χ0) is 16.4. The van der Waals surface area contributed by atoms with Crippen molar-refractivity contribution in [3.8, 4) is 15.6 Å². The highest BCUT2D eigenvalue weighted by atomic mass is 32.1. The Morgan fingerprint density at radius 1 is 1.12 bits per heavy atom. The zero-order valence-corrected chi connectivity index (χ0v) is 14.3. The number of carbonyl (C=O) groups excluding carboxylic acids is 1. The van der Waals surface area contributed by atoms with Gasteiger partial charge in [-0.25, -0.2) is 9.97 Å². The molecule has 0 saturated carbocycles. The quantitative estimate of drug-likeness (QED) is 0.498. The lowest BCUT2D eigenvalue weighted by molar-refractivity contribution is 0.0989. The third-order valence-corrected chi connectivity index (χ3v) is 5.53. The molecule has 4 aromatic rings. The van der Waals surface area contributed by atoms with Crippen LogP contribution in [-0.2, 0) is 6.42 Å². The molecule has 118 valence electrons. The molecule has 1 aromatic carbocycles. The molecule has 0 amide bonds.